The van der Waals surface area contributed by atoms with Crippen molar-refractivity contribution in [2.45, 2.75) is 57.1 Å². The third-order valence-electron chi connectivity index (χ3n) is 4.94. The van der Waals surface area contributed by atoms with Crippen LogP contribution in [0.4, 0.5) is 0 Å². The monoisotopic (exact) mass is 436 g/mol. The summed E-state index contributed by atoms with van der Waals surface area (Å²) in [7, 11) is 0. The number of rotatable bonds is 4. The standard InChI is InChI=1S/C16H28N4O2.HI/c1-2-17-15(18-12-16(22)7-3-4-8-16)19-9-10-20(13-5-6-13)14(21)11-19;/h13,22H,2-12H2,1H3,(H,17,18);1H. The predicted molar refractivity (Wildman–Crippen MR) is 101 cm³/mol. The fraction of sp³-hybridized carbons (Fsp3) is 0.875. The van der Waals surface area contributed by atoms with Gasteiger partial charge in [-0.2, -0.15) is 0 Å². The van der Waals surface area contributed by atoms with E-state index in [-0.39, 0.29) is 29.9 Å². The first kappa shape index (κ1) is 18.8. The number of guanidine groups is 1. The molecule has 0 aromatic heterocycles. The van der Waals surface area contributed by atoms with E-state index in [1.807, 2.05) is 16.7 Å². The fourth-order valence-corrected chi connectivity index (χ4v) is 3.48. The number of amides is 1. The van der Waals surface area contributed by atoms with Crippen LogP contribution < -0.4 is 5.32 Å². The molecule has 1 amide bonds. The molecule has 0 spiro atoms. The third kappa shape index (κ3) is 4.71. The zero-order valence-electron chi connectivity index (χ0n) is 14.0. The van der Waals surface area contributed by atoms with E-state index >= 15 is 0 Å². The summed E-state index contributed by atoms with van der Waals surface area (Å²) in [5.74, 6) is 0.977. The highest BCUT2D eigenvalue weighted by Crippen LogP contribution is 2.30. The quantitative estimate of drug-likeness (QED) is 0.395. The first-order valence-electron chi connectivity index (χ1n) is 8.66. The second-order valence-corrected chi connectivity index (χ2v) is 6.84. The number of nitrogens with one attached hydrogen (secondary N) is 1. The van der Waals surface area contributed by atoms with Gasteiger partial charge in [0.25, 0.3) is 0 Å². The van der Waals surface area contributed by atoms with E-state index in [2.05, 4.69) is 10.3 Å². The lowest BCUT2D eigenvalue weighted by Gasteiger charge is -2.36. The minimum atomic E-state index is -0.638. The van der Waals surface area contributed by atoms with Gasteiger partial charge in [0.05, 0.1) is 18.7 Å². The summed E-state index contributed by atoms with van der Waals surface area (Å²) in [5.41, 5.74) is -0.638. The average molecular weight is 436 g/mol. The smallest absolute Gasteiger partial charge is 0.242 e. The first-order valence-corrected chi connectivity index (χ1v) is 8.66. The minimum absolute atomic E-state index is 0. The molecule has 3 rings (SSSR count). The van der Waals surface area contributed by atoms with E-state index in [4.69, 9.17) is 0 Å². The van der Waals surface area contributed by atoms with Gasteiger partial charge < -0.3 is 20.2 Å². The maximum atomic E-state index is 12.3. The summed E-state index contributed by atoms with van der Waals surface area (Å²) in [6.45, 7) is 5.26. The molecule has 0 aromatic carbocycles. The Hall–Kier alpha value is -0.570. The molecule has 3 aliphatic rings. The molecule has 6 nitrogen and oxygen atoms in total. The number of hydrogen-bond acceptors (Lipinski definition) is 3. The van der Waals surface area contributed by atoms with Gasteiger partial charge in [-0.3, -0.25) is 9.79 Å². The van der Waals surface area contributed by atoms with Crippen LogP contribution in [-0.4, -0.2) is 71.1 Å². The van der Waals surface area contributed by atoms with Gasteiger partial charge in [0, 0.05) is 25.7 Å². The highest BCUT2D eigenvalue weighted by atomic mass is 127. The molecule has 7 heteroatoms. The molecule has 2 aliphatic carbocycles. The Kier molecular flexibility index (Phi) is 6.53. The number of aliphatic hydroxyl groups is 1. The van der Waals surface area contributed by atoms with Crippen molar-refractivity contribution in [3.05, 3.63) is 0 Å². The van der Waals surface area contributed by atoms with Gasteiger partial charge in [-0.15, -0.1) is 24.0 Å². The van der Waals surface area contributed by atoms with Gasteiger partial charge in [0.15, 0.2) is 5.96 Å². The Morgan fingerprint density at radius 1 is 1.35 bits per heavy atom. The lowest BCUT2D eigenvalue weighted by molar-refractivity contribution is -0.135. The van der Waals surface area contributed by atoms with Crippen LogP contribution >= 0.6 is 24.0 Å². The van der Waals surface area contributed by atoms with Gasteiger partial charge in [-0.25, -0.2) is 0 Å². The summed E-state index contributed by atoms with van der Waals surface area (Å²) < 4.78 is 0. The van der Waals surface area contributed by atoms with Gasteiger partial charge in [0.2, 0.25) is 5.91 Å². The summed E-state index contributed by atoms with van der Waals surface area (Å²) in [4.78, 5) is 20.9. The number of piperazine rings is 1. The molecule has 1 heterocycles. The highest BCUT2D eigenvalue weighted by molar-refractivity contribution is 14.0. The Morgan fingerprint density at radius 3 is 2.61 bits per heavy atom. The highest BCUT2D eigenvalue weighted by Gasteiger charge is 2.36. The Bertz CT molecular complexity index is 447. The Morgan fingerprint density at radius 2 is 2.04 bits per heavy atom. The van der Waals surface area contributed by atoms with Crippen molar-refractivity contribution in [1.29, 1.82) is 0 Å². The van der Waals surface area contributed by atoms with Crippen LogP contribution in [-0.2, 0) is 4.79 Å². The van der Waals surface area contributed by atoms with Crippen LogP contribution in [0, 0.1) is 0 Å². The molecule has 0 unspecified atom stereocenters. The molecule has 2 saturated carbocycles. The number of halogens is 1. The van der Waals surface area contributed by atoms with Gasteiger partial charge >= 0.3 is 0 Å². The zero-order valence-corrected chi connectivity index (χ0v) is 16.3. The van der Waals surface area contributed by atoms with E-state index in [9.17, 15) is 9.90 Å². The van der Waals surface area contributed by atoms with E-state index in [1.54, 1.807) is 0 Å². The number of hydrogen-bond donors (Lipinski definition) is 2. The third-order valence-corrected chi connectivity index (χ3v) is 4.94. The fourth-order valence-electron chi connectivity index (χ4n) is 3.48. The van der Waals surface area contributed by atoms with Gasteiger partial charge in [0.1, 0.15) is 0 Å². The second kappa shape index (κ2) is 8.00. The van der Waals surface area contributed by atoms with Crippen molar-refractivity contribution in [1.82, 2.24) is 15.1 Å². The summed E-state index contributed by atoms with van der Waals surface area (Å²) >= 11 is 0. The minimum Gasteiger partial charge on any atom is -0.388 e. The van der Waals surface area contributed by atoms with E-state index < -0.39 is 5.60 Å². The van der Waals surface area contributed by atoms with E-state index in [1.165, 1.54) is 0 Å². The van der Waals surface area contributed by atoms with Crippen molar-refractivity contribution in [3.8, 4) is 0 Å². The molecule has 23 heavy (non-hydrogen) atoms. The maximum Gasteiger partial charge on any atom is 0.242 e. The van der Waals surface area contributed by atoms with Gasteiger partial charge in [-0.1, -0.05) is 12.8 Å². The van der Waals surface area contributed by atoms with Crippen molar-refractivity contribution < 1.29 is 9.90 Å². The maximum absolute atomic E-state index is 12.3. The Balaban J connectivity index is 0.00000192. The zero-order chi connectivity index (χ0) is 15.6. The lowest BCUT2D eigenvalue weighted by Crippen LogP contribution is -2.56. The van der Waals surface area contributed by atoms with Crippen molar-refractivity contribution in [3.63, 3.8) is 0 Å². The second-order valence-electron chi connectivity index (χ2n) is 6.84. The lowest BCUT2D eigenvalue weighted by atomic mass is 10.0. The van der Waals surface area contributed by atoms with Crippen LogP contribution in [0.15, 0.2) is 4.99 Å². The average Bonchev–Trinajstić information content (AvgIpc) is 3.25. The van der Waals surface area contributed by atoms with Crippen LogP contribution in [0.3, 0.4) is 0 Å². The predicted octanol–water partition coefficient (Wildman–Crippen LogP) is 1.18. The van der Waals surface area contributed by atoms with E-state index in [0.29, 0.717) is 19.1 Å². The van der Waals surface area contributed by atoms with Gasteiger partial charge in [-0.05, 0) is 32.6 Å². The van der Waals surface area contributed by atoms with Crippen molar-refractivity contribution >= 4 is 35.8 Å². The van der Waals surface area contributed by atoms with Crippen LogP contribution in [0.2, 0.25) is 0 Å². The SMILES string of the molecule is CCNC(=NCC1(O)CCCC1)N1CCN(C2CC2)C(=O)C1.I. The largest absolute Gasteiger partial charge is 0.388 e. The number of aliphatic imine (C=N–C) groups is 1. The summed E-state index contributed by atoms with van der Waals surface area (Å²) in [6.07, 6.45) is 6.16. The van der Waals surface area contributed by atoms with Crippen LogP contribution in [0.1, 0.15) is 45.4 Å². The molecule has 132 valence electrons. The molecule has 1 aliphatic heterocycles. The number of nitrogens with zero attached hydrogens (tertiary/aromatic N) is 3. The summed E-state index contributed by atoms with van der Waals surface area (Å²) in [5, 5.41) is 13.7. The Labute approximate surface area is 155 Å². The summed E-state index contributed by atoms with van der Waals surface area (Å²) in [6, 6.07) is 0.494. The molecular formula is C16H29IN4O2. The molecular weight excluding hydrogens is 407 g/mol. The molecule has 3 fully saturated rings. The molecule has 2 N–H and O–H groups in total. The van der Waals surface area contributed by atoms with E-state index in [0.717, 1.165) is 64.1 Å². The number of carbonyl (C=O) groups is 1. The first-order chi connectivity index (χ1) is 10.6. The molecule has 0 atom stereocenters. The van der Waals surface area contributed by atoms with Crippen LogP contribution in [0.5, 0.6) is 0 Å². The topological polar surface area (TPSA) is 68.2 Å². The normalized spacial score (nSPS) is 24.6. The molecule has 0 aromatic rings. The van der Waals surface area contributed by atoms with Crippen molar-refractivity contribution in [2.75, 3.05) is 32.7 Å². The van der Waals surface area contributed by atoms with Crippen LogP contribution in [0.25, 0.3) is 0 Å². The molecule has 0 radical (unpaired) electrons. The molecule has 1 saturated heterocycles. The number of carbonyl (C=O) groups excluding carboxylic acids is 1. The van der Waals surface area contributed by atoms with Crippen molar-refractivity contribution in [2.24, 2.45) is 4.99 Å². The molecule has 0 bridgehead atoms.